The number of ether oxygens (including phenoxy) is 2. The van der Waals surface area contributed by atoms with Crippen molar-refractivity contribution in [2.75, 3.05) is 26.4 Å². The van der Waals surface area contributed by atoms with Crippen molar-refractivity contribution in [2.45, 2.75) is 32.4 Å². The molecule has 1 saturated heterocycles. The highest BCUT2D eigenvalue weighted by Crippen LogP contribution is 2.25. The van der Waals surface area contributed by atoms with Crippen molar-refractivity contribution < 1.29 is 13.9 Å². The summed E-state index contributed by atoms with van der Waals surface area (Å²) in [6, 6.07) is 5.05. The van der Waals surface area contributed by atoms with E-state index in [1.165, 1.54) is 6.07 Å². The minimum absolute atomic E-state index is 0.128. The van der Waals surface area contributed by atoms with Gasteiger partial charge >= 0.3 is 0 Å². The van der Waals surface area contributed by atoms with E-state index in [-0.39, 0.29) is 18.0 Å². The molecule has 2 rings (SSSR count). The molecule has 19 heavy (non-hydrogen) atoms. The third-order valence-electron chi connectivity index (χ3n) is 3.31. The summed E-state index contributed by atoms with van der Waals surface area (Å²) >= 11 is 0. The van der Waals surface area contributed by atoms with Gasteiger partial charge in [-0.05, 0) is 26.0 Å². The number of halogens is 1. The third kappa shape index (κ3) is 3.75. The van der Waals surface area contributed by atoms with Crippen LogP contribution < -0.4 is 5.32 Å². The molecule has 1 aliphatic heterocycles. The van der Waals surface area contributed by atoms with Gasteiger partial charge in [-0.3, -0.25) is 0 Å². The monoisotopic (exact) mass is 267 g/mol. The van der Waals surface area contributed by atoms with Crippen molar-refractivity contribution in [3.63, 3.8) is 0 Å². The molecule has 1 aliphatic rings. The standard InChI is InChI=1S/C15H22FNO2/c1-3-6-17-15(14-10-18-7-8-19-14)12-9-11(2)4-5-13(12)16/h4-5,9,14-15,17H,3,6-8,10H2,1-2H3. The molecule has 4 heteroatoms. The van der Waals surface area contributed by atoms with E-state index in [1.807, 2.05) is 13.0 Å². The molecule has 0 amide bonds. The molecule has 0 saturated carbocycles. The Morgan fingerprint density at radius 2 is 2.26 bits per heavy atom. The first-order chi connectivity index (χ1) is 9.22. The van der Waals surface area contributed by atoms with Gasteiger partial charge in [0.25, 0.3) is 0 Å². The molecule has 106 valence electrons. The molecule has 2 atom stereocenters. The van der Waals surface area contributed by atoms with E-state index >= 15 is 0 Å². The summed E-state index contributed by atoms with van der Waals surface area (Å²) in [5, 5.41) is 3.38. The minimum Gasteiger partial charge on any atom is -0.376 e. The van der Waals surface area contributed by atoms with E-state index in [0.717, 1.165) is 18.5 Å². The minimum atomic E-state index is -0.187. The summed E-state index contributed by atoms with van der Waals surface area (Å²) in [6.07, 6.45) is 0.869. The van der Waals surface area contributed by atoms with Crippen molar-refractivity contribution >= 4 is 0 Å². The topological polar surface area (TPSA) is 30.5 Å². The first-order valence-corrected chi connectivity index (χ1v) is 6.91. The Kier molecular flexibility index (Phi) is 5.31. The fraction of sp³-hybridized carbons (Fsp3) is 0.600. The summed E-state index contributed by atoms with van der Waals surface area (Å²) in [5.41, 5.74) is 1.72. The maximum atomic E-state index is 14.1. The summed E-state index contributed by atoms with van der Waals surface area (Å²) in [6.45, 7) is 6.59. The van der Waals surface area contributed by atoms with Crippen LogP contribution in [-0.2, 0) is 9.47 Å². The quantitative estimate of drug-likeness (QED) is 0.889. The van der Waals surface area contributed by atoms with Crippen LogP contribution in [0.15, 0.2) is 18.2 Å². The van der Waals surface area contributed by atoms with Crippen LogP contribution in [0.3, 0.4) is 0 Å². The molecule has 1 heterocycles. The Balaban J connectivity index is 2.22. The van der Waals surface area contributed by atoms with E-state index < -0.39 is 0 Å². The highest BCUT2D eigenvalue weighted by Gasteiger charge is 2.28. The lowest BCUT2D eigenvalue weighted by atomic mass is 9.98. The zero-order valence-corrected chi connectivity index (χ0v) is 11.6. The van der Waals surface area contributed by atoms with Crippen LogP contribution in [0.4, 0.5) is 4.39 Å². The van der Waals surface area contributed by atoms with E-state index in [9.17, 15) is 4.39 Å². The van der Waals surface area contributed by atoms with Crippen LogP contribution in [-0.4, -0.2) is 32.5 Å². The molecule has 0 aliphatic carbocycles. The van der Waals surface area contributed by atoms with Crippen molar-refractivity contribution in [1.82, 2.24) is 5.32 Å². The van der Waals surface area contributed by atoms with Gasteiger partial charge in [0.2, 0.25) is 0 Å². The molecule has 0 bridgehead atoms. The van der Waals surface area contributed by atoms with Gasteiger partial charge in [-0.25, -0.2) is 4.39 Å². The van der Waals surface area contributed by atoms with Gasteiger partial charge in [0.1, 0.15) is 11.9 Å². The lowest BCUT2D eigenvalue weighted by Crippen LogP contribution is -2.41. The Hall–Kier alpha value is -0.970. The molecular formula is C15H22FNO2. The predicted molar refractivity (Wildman–Crippen MR) is 72.7 cm³/mol. The maximum absolute atomic E-state index is 14.1. The van der Waals surface area contributed by atoms with Crippen LogP contribution in [0.2, 0.25) is 0 Å². The van der Waals surface area contributed by atoms with Crippen LogP contribution >= 0.6 is 0 Å². The SMILES string of the molecule is CCCNC(c1cc(C)ccc1F)C1COCCO1. The van der Waals surface area contributed by atoms with Crippen molar-refractivity contribution in [3.05, 3.63) is 35.1 Å². The molecule has 0 spiro atoms. The Morgan fingerprint density at radius 1 is 1.42 bits per heavy atom. The Morgan fingerprint density at radius 3 is 2.95 bits per heavy atom. The summed E-state index contributed by atoms with van der Waals surface area (Å²) in [7, 11) is 0. The zero-order valence-electron chi connectivity index (χ0n) is 11.6. The molecule has 0 radical (unpaired) electrons. The van der Waals surface area contributed by atoms with Crippen LogP contribution in [0.25, 0.3) is 0 Å². The predicted octanol–water partition coefficient (Wildman–Crippen LogP) is 2.59. The van der Waals surface area contributed by atoms with Gasteiger partial charge in [-0.1, -0.05) is 24.6 Å². The van der Waals surface area contributed by atoms with Gasteiger partial charge in [0.05, 0.1) is 25.9 Å². The van der Waals surface area contributed by atoms with E-state index in [4.69, 9.17) is 9.47 Å². The van der Waals surface area contributed by atoms with E-state index in [2.05, 4.69) is 12.2 Å². The number of hydrogen-bond donors (Lipinski definition) is 1. The van der Waals surface area contributed by atoms with Gasteiger partial charge in [0, 0.05) is 5.56 Å². The van der Waals surface area contributed by atoms with Crippen molar-refractivity contribution in [2.24, 2.45) is 0 Å². The average molecular weight is 267 g/mol. The van der Waals surface area contributed by atoms with Crippen molar-refractivity contribution in [1.29, 1.82) is 0 Å². The fourth-order valence-corrected chi connectivity index (χ4v) is 2.34. The summed E-state index contributed by atoms with van der Waals surface area (Å²) in [4.78, 5) is 0. The molecule has 1 aromatic rings. The second-order valence-electron chi connectivity index (χ2n) is 4.94. The second-order valence-corrected chi connectivity index (χ2v) is 4.94. The number of aryl methyl sites for hydroxylation is 1. The molecule has 3 nitrogen and oxygen atoms in total. The largest absolute Gasteiger partial charge is 0.376 e. The van der Waals surface area contributed by atoms with Crippen LogP contribution in [0.1, 0.15) is 30.5 Å². The second kappa shape index (κ2) is 6.98. The molecular weight excluding hydrogens is 245 g/mol. The molecule has 1 aromatic carbocycles. The number of nitrogens with one attached hydrogen (secondary N) is 1. The van der Waals surface area contributed by atoms with Crippen molar-refractivity contribution in [3.8, 4) is 0 Å². The fourth-order valence-electron chi connectivity index (χ4n) is 2.34. The molecule has 0 aromatic heterocycles. The first kappa shape index (κ1) is 14.4. The normalized spacial score (nSPS) is 21.3. The summed E-state index contributed by atoms with van der Waals surface area (Å²) in [5.74, 6) is -0.187. The summed E-state index contributed by atoms with van der Waals surface area (Å²) < 4.78 is 25.2. The van der Waals surface area contributed by atoms with Gasteiger partial charge in [0.15, 0.2) is 0 Å². The average Bonchev–Trinajstić information content (AvgIpc) is 2.44. The first-order valence-electron chi connectivity index (χ1n) is 6.91. The highest BCUT2D eigenvalue weighted by atomic mass is 19.1. The van der Waals surface area contributed by atoms with Crippen LogP contribution in [0.5, 0.6) is 0 Å². The number of hydrogen-bond acceptors (Lipinski definition) is 3. The van der Waals surface area contributed by atoms with Gasteiger partial charge < -0.3 is 14.8 Å². The van der Waals surface area contributed by atoms with E-state index in [1.54, 1.807) is 6.07 Å². The number of benzene rings is 1. The molecule has 1 fully saturated rings. The maximum Gasteiger partial charge on any atom is 0.128 e. The number of rotatable bonds is 5. The molecule has 1 N–H and O–H groups in total. The van der Waals surface area contributed by atoms with Crippen LogP contribution in [0, 0.1) is 12.7 Å². The van der Waals surface area contributed by atoms with E-state index in [0.29, 0.717) is 25.4 Å². The lowest BCUT2D eigenvalue weighted by Gasteiger charge is -2.31. The zero-order chi connectivity index (χ0) is 13.7. The smallest absolute Gasteiger partial charge is 0.128 e. The Labute approximate surface area is 114 Å². The lowest BCUT2D eigenvalue weighted by molar-refractivity contribution is -0.102. The highest BCUT2D eigenvalue weighted by molar-refractivity contribution is 5.28. The van der Waals surface area contributed by atoms with Gasteiger partial charge in [-0.15, -0.1) is 0 Å². The molecule has 2 unspecified atom stereocenters. The van der Waals surface area contributed by atoms with Gasteiger partial charge in [-0.2, -0.15) is 0 Å². The third-order valence-corrected chi connectivity index (χ3v) is 3.31. The Bertz CT molecular complexity index is 405.